The number of pyridine rings is 2. The van der Waals surface area contributed by atoms with E-state index in [1.165, 1.54) is 16.7 Å². The molecule has 4 heteroatoms. The van der Waals surface area contributed by atoms with Crippen LogP contribution in [0.15, 0.2) is 183 Å². The van der Waals surface area contributed by atoms with Crippen molar-refractivity contribution >= 4 is 18.2 Å². The number of aromatic nitrogens is 4. The number of allylic oxidation sites excluding steroid dienone is 2. The van der Waals surface area contributed by atoms with Gasteiger partial charge in [0.2, 0.25) is 0 Å². The normalized spacial score (nSPS) is 14.7. The third-order valence-corrected chi connectivity index (χ3v) is 11.2. The van der Waals surface area contributed by atoms with Crippen LogP contribution in [0.25, 0.3) is 85.8 Å². The average Bonchev–Trinajstić information content (AvgIpc) is 3.29. The first kappa shape index (κ1) is 36.3. The Kier molecular flexibility index (Phi) is 9.83. The maximum atomic E-state index is 5.36. The van der Waals surface area contributed by atoms with Crippen molar-refractivity contribution in [2.24, 2.45) is 0 Å². The SMILES string of the molecule is C=Cc1c(/C=C\C)cccc1-c1cc(-c2nc(-c3ccc(-c4ccccn4)cc3)cc(-c3ccc(-c4ccccn4)cc3)n2)cc(C2(C)CC=Cc3ccccc32)c1. The summed E-state index contributed by atoms with van der Waals surface area (Å²) >= 11 is 0. The van der Waals surface area contributed by atoms with Gasteiger partial charge >= 0.3 is 0 Å². The average molecular weight is 747 g/mol. The summed E-state index contributed by atoms with van der Waals surface area (Å²) in [5.74, 6) is 0.659. The van der Waals surface area contributed by atoms with E-state index in [0.29, 0.717) is 5.82 Å². The summed E-state index contributed by atoms with van der Waals surface area (Å²) in [6, 6.07) is 53.1. The van der Waals surface area contributed by atoms with E-state index in [1.807, 2.05) is 61.8 Å². The summed E-state index contributed by atoms with van der Waals surface area (Å²) < 4.78 is 0. The highest BCUT2D eigenvalue weighted by Crippen LogP contribution is 2.44. The van der Waals surface area contributed by atoms with Gasteiger partial charge in [-0.25, -0.2) is 9.97 Å². The highest BCUT2D eigenvalue weighted by molar-refractivity contribution is 5.84. The van der Waals surface area contributed by atoms with Gasteiger partial charge in [0, 0.05) is 45.6 Å². The lowest BCUT2D eigenvalue weighted by Crippen LogP contribution is -2.26. The second-order valence-electron chi connectivity index (χ2n) is 14.9. The molecule has 0 saturated heterocycles. The van der Waals surface area contributed by atoms with Gasteiger partial charge in [0.05, 0.1) is 22.8 Å². The second kappa shape index (κ2) is 15.7. The van der Waals surface area contributed by atoms with E-state index >= 15 is 0 Å². The van der Waals surface area contributed by atoms with Crippen LogP contribution in [0.3, 0.4) is 0 Å². The van der Waals surface area contributed by atoms with Crippen LogP contribution in [-0.2, 0) is 5.41 Å². The van der Waals surface area contributed by atoms with Gasteiger partial charge < -0.3 is 0 Å². The number of fused-ring (bicyclic) bond motifs is 1. The number of hydrogen-bond donors (Lipinski definition) is 0. The summed E-state index contributed by atoms with van der Waals surface area (Å²) in [5, 5.41) is 0. The molecular formula is C54H42N4. The van der Waals surface area contributed by atoms with Gasteiger partial charge in [-0.1, -0.05) is 153 Å². The summed E-state index contributed by atoms with van der Waals surface area (Å²) in [4.78, 5) is 19.9. The fraction of sp³-hybridized carbons (Fsp3) is 0.0741. The van der Waals surface area contributed by atoms with Crippen molar-refractivity contribution in [3.63, 3.8) is 0 Å². The summed E-state index contributed by atoms with van der Waals surface area (Å²) in [6.07, 6.45) is 15.3. The quantitative estimate of drug-likeness (QED) is 0.148. The van der Waals surface area contributed by atoms with Gasteiger partial charge in [0.25, 0.3) is 0 Å². The molecule has 9 rings (SSSR count). The lowest BCUT2D eigenvalue weighted by atomic mass is 9.69. The van der Waals surface area contributed by atoms with Crippen molar-refractivity contribution in [1.29, 1.82) is 0 Å². The van der Waals surface area contributed by atoms with Crippen LogP contribution in [0, 0.1) is 0 Å². The topological polar surface area (TPSA) is 51.6 Å². The van der Waals surface area contributed by atoms with Crippen molar-refractivity contribution in [2.45, 2.75) is 25.7 Å². The number of hydrogen-bond acceptors (Lipinski definition) is 4. The van der Waals surface area contributed by atoms with E-state index in [9.17, 15) is 0 Å². The van der Waals surface area contributed by atoms with Crippen LogP contribution in [0.2, 0.25) is 0 Å². The highest BCUT2D eigenvalue weighted by atomic mass is 14.9. The molecule has 0 amide bonds. The van der Waals surface area contributed by atoms with Gasteiger partial charge in [0.15, 0.2) is 5.82 Å². The Morgan fingerprint density at radius 2 is 1.16 bits per heavy atom. The predicted molar refractivity (Wildman–Crippen MR) is 242 cm³/mol. The molecule has 1 aliphatic carbocycles. The molecule has 0 fully saturated rings. The minimum Gasteiger partial charge on any atom is -0.256 e. The molecule has 0 aliphatic heterocycles. The number of benzene rings is 5. The van der Waals surface area contributed by atoms with Crippen molar-refractivity contribution < 1.29 is 0 Å². The van der Waals surface area contributed by atoms with E-state index in [-0.39, 0.29) is 5.41 Å². The Balaban J connectivity index is 1.25. The fourth-order valence-corrected chi connectivity index (χ4v) is 8.13. The molecule has 1 atom stereocenters. The zero-order chi connectivity index (χ0) is 39.5. The van der Waals surface area contributed by atoms with Gasteiger partial charge in [-0.15, -0.1) is 0 Å². The van der Waals surface area contributed by atoms with Gasteiger partial charge in [-0.05, 0) is 94.8 Å². The smallest absolute Gasteiger partial charge is 0.160 e. The van der Waals surface area contributed by atoms with E-state index in [4.69, 9.17) is 9.97 Å². The molecule has 0 radical (unpaired) electrons. The van der Waals surface area contributed by atoms with Gasteiger partial charge in [-0.2, -0.15) is 0 Å². The maximum Gasteiger partial charge on any atom is 0.160 e. The largest absolute Gasteiger partial charge is 0.256 e. The maximum absolute atomic E-state index is 5.36. The Bertz CT molecular complexity index is 2720. The Morgan fingerprint density at radius 3 is 1.74 bits per heavy atom. The predicted octanol–water partition coefficient (Wildman–Crippen LogP) is 13.7. The first-order valence-electron chi connectivity index (χ1n) is 19.7. The lowest BCUT2D eigenvalue weighted by molar-refractivity contribution is 0.575. The van der Waals surface area contributed by atoms with Crippen molar-refractivity contribution in [3.05, 3.63) is 211 Å². The third-order valence-electron chi connectivity index (χ3n) is 11.2. The fourth-order valence-electron chi connectivity index (χ4n) is 8.13. The first-order valence-corrected chi connectivity index (χ1v) is 19.7. The Hall–Kier alpha value is -7.30. The molecule has 1 unspecified atom stereocenters. The molecule has 0 spiro atoms. The first-order chi connectivity index (χ1) is 28.5. The van der Waals surface area contributed by atoms with Crippen LogP contribution < -0.4 is 0 Å². The molecule has 0 bridgehead atoms. The number of nitrogens with zero attached hydrogens (tertiary/aromatic N) is 4. The molecule has 1 aliphatic rings. The van der Waals surface area contributed by atoms with Crippen LogP contribution in [0.4, 0.5) is 0 Å². The third kappa shape index (κ3) is 7.01. The van der Waals surface area contributed by atoms with Crippen LogP contribution in [0.1, 0.15) is 48.1 Å². The zero-order valence-electron chi connectivity index (χ0n) is 32.7. The lowest BCUT2D eigenvalue weighted by Gasteiger charge is -2.34. The molecular weight excluding hydrogens is 705 g/mol. The van der Waals surface area contributed by atoms with Crippen LogP contribution in [0.5, 0.6) is 0 Å². The molecule has 3 aromatic heterocycles. The van der Waals surface area contributed by atoms with Gasteiger partial charge in [0.1, 0.15) is 0 Å². The van der Waals surface area contributed by atoms with E-state index in [0.717, 1.165) is 79.3 Å². The number of rotatable bonds is 9. The minimum absolute atomic E-state index is 0.283. The molecule has 278 valence electrons. The highest BCUT2D eigenvalue weighted by Gasteiger charge is 2.33. The Labute approximate surface area is 340 Å². The molecule has 8 aromatic rings. The van der Waals surface area contributed by atoms with E-state index in [2.05, 4.69) is 163 Å². The second-order valence-corrected chi connectivity index (χ2v) is 14.9. The molecule has 0 saturated carbocycles. The molecule has 0 N–H and O–H groups in total. The Morgan fingerprint density at radius 1 is 0.569 bits per heavy atom. The van der Waals surface area contributed by atoms with Gasteiger partial charge in [-0.3, -0.25) is 9.97 Å². The minimum atomic E-state index is -0.283. The molecule has 5 aromatic carbocycles. The van der Waals surface area contributed by atoms with Crippen LogP contribution >= 0.6 is 0 Å². The molecule has 58 heavy (non-hydrogen) atoms. The van der Waals surface area contributed by atoms with Crippen LogP contribution in [-0.4, -0.2) is 19.9 Å². The standard InChI is InChI=1S/C54H42N4/c1-4-14-37-16-12-18-47(46(37)5-2)43-33-44(35-45(34-43)54(3)30-13-17-38-15-6-7-19-48(38)54)53-57-51(41-26-22-39(23-27-41)49-20-8-10-31-55-49)36-52(58-53)42-28-24-40(25-29-42)50-21-9-11-32-56-50/h4-29,31-36H,2,30H2,1,3H3/b14-4-. The monoisotopic (exact) mass is 746 g/mol. The van der Waals surface area contributed by atoms with E-state index < -0.39 is 0 Å². The molecule has 3 heterocycles. The molecule has 4 nitrogen and oxygen atoms in total. The summed E-state index contributed by atoms with van der Waals surface area (Å²) in [7, 11) is 0. The zero-order valence-corrected chi connectivity index (χ0v) is 32.7. The van der Waals surface area contributed by atoms with Crippen molar-refractivity contribution in [2.75, 3.05) is 0 Å². The van der Waals surface area contributed by atoms with E-state index in [1.54, 1.807) is 0 Å². The summed E-state index contributed by atoms with van der Waals surface area (Å²) in [5.41, 5.74) is 16.5. The van der Waals surface area contributed by atoms with Crippen molar-refractivity contribution in [3.8, 4) is 67.5 Å². The summed E-state index contributed by atoms with van der Waals surface area (Å²) in [6.45, 7) is 8.67. The van der Waals surface area contributed by atoms with Crippen molar-refractivity contribution in [1.82, 2.24) is 19.9 Å².